The Bertz CT molecular complexity index is 660. The number of aliphatic hydroxyl groups is 1. The van der Waals surface area contributed by atoms with Gasteiger partial charge in [-0.05, 0) is 38.8 Å². The van der Waals surface area contributed by atoms with Gasteiger partial charge in [-0.3, -0.25) is 4.79 Å². The highest BCUT2D eigenvalue weighted by atomic mass is 16.3. The number of likely N-dealkylation sites (tertiary alicyclic amines) is 1. The van der Waals surface area contributed by atoms with Crippen LogP contribution in [0.1, 0.15) is 37.2 Å². The molecule has 6 nitrogen and oxygen atoms in total. The minimum atomic E-state index is -0.915. The molecule has 1 aromatic heterocycles. The van der Waals surface area contributed by atoms with E-state index in [2.05, 4.69) is 10.2 Å². The SMILES string of the molecule is CC(C)(O)C1CCCN1C(=O)c1cnn(-c2ccccc2)n1. The molecule has 6 heteroatoms. The maximum Gasteiger partial charge on any atom is 0.276 e. The number of carbonyl (C=O) groups excluding carboxylic acids is 1. The van der Waals surface area contributed by atoms with Gasteiger partial charge in [-0.15, -0.1) is 5.10 Å². The Morgan fingerprint density at radius 3 is 2.73 bits per heavy atom. The van der Waals surface area contributed by atoms with Gasteiger partial charge in [0.15, 0.2) is 5.69 Å². The van der Waals surface area contributed by atoms with E-state index in [4.69, 9.17) is 0 Å². The zero-order valence-electron chi connectivity index (χ0n) is 12.8. The van der Waals surface area contributed by atoms with Crippen molar-refractivity contribution in [1.29, 1.82) is 0 Å². The van der Waals surface area contributed by atoms with E-state index in [1.807, 2.05) is 30.3 Å². The summed E-state index contributed by atoms with van der Waals surface area (Å²) in [6.07, 6.45) is 3.18. The second kappa shape index (κ2) is 5.53. The van der Waals surface area contributed by atoms with Gasteiger partial charge in [-0.2, -0.15) is 9.90 Å². The molecule has 22 heavy (non-hydrogen) atoms. The van der Waals surface area contributed by atoms with Crippen molar-refractivity contribution in [2.75, 3.05) is 6.54 Å². The lowest BCUT2D eigenvalue weighted by Gasteiger charge is -2.33. The van der Waals surface area contributed by atoms with E-state index >= 15 is 0 Å². The number of hydrogen-bond donors (Lipinski definition) is 1. The minimum Gasteiger partial charge on any atom is -0.388 e. The number of nitrogens with zero attached hydrogens (tertiary/aromatic N) is 4. The van der Waals surface area contributed by atoms with Crippen LogP contribution in [0.25, 0.3) is 5.69 Å². The van der Waals surface area contributed by atoms with E-state index in [0.29, 0.717) is 12.2 Å². The maximum atomic E-state index is 12.6. The molecule has 1 amide bonds. The summed E-state index contributed by atoms with van der Waals surface area (Å²) in [5, 5.41) is 18.7. The summed E-state index contributed by atoms with van der Waals surface area (Å²) in [4.78, 5) is 15.8. The molecule has 3 rings (SSSR count). The van der Waals surface area contributed by atoms with E-state index in [0.717, 1.165) is 18.5 Å². The molecule has 1 saturated heterocycles. The van der Waals surface area contributed by atoms with Crippen molar-refractivity contribution in [2.45, 2.75) is 38.3 Å². The van der Waals surface area contributed by atoms with Gasteiger partial charge in [0.2, 0.25) is 0 Å². The summed E-state index contributed by atoms with van der Waals surface area (Å²) in [7, 11) is 0. The third kappa shape index (κ3) is 2.74. The second-order valence-corrected chi connectivity index (χ2v) is 6.17. The van der Waals surface area contributed by atoms with Gasteiger partial charge in [-0.1, -0.05) is 18.2 Å². The van der Waals surface area contributed by atoms with Crippen LogP contribution in [0.5, 0.6) is 0 Å². The molecular weight excluding hydrogens is 280 g/mol. The van der Waals surface area contributed by atoms with Crippen molar-refractivity contribution in [1.82, 2.24) is 19.9 Å². The molecule has 2 aromatic rings. The van der Waals surface area contributed by atoms with Gasteiger partial charge >= 0.3 is 0 Å². The van der Waals surface area contributed by atoms with Crippen LogP contribution in [0, 0.1) is 0 Å². The molecule has 1 N–H and O–H groups in total. The normalized spacial score (nSPS) is 18.7. The quantitative estimate of drug-likeness (QED) is 0.935. The van der Waals surface area contributed by atoms with Crippen LogP contribution in [0.2, 0.25) is 0 Å². The predicted octanol–water partition coefficient (Wildman–Crippen LogP) is 1.64. The average molecular weight is 300 g/mol. The molecule has 0 radical (unpaired) electrons. The van der Waals surface area contributed by atoms with E-state index < -0.39 is 5.60 Å². The first-order chi connectivity index (χ1) is 10.5. The first-order valence-corrected chi connectivity index (χ1v) is 7.48. The van der Waals surface area contributed by atoms with Gasteiger partial charge in [0.1, 0.15) is 0 Å². The Labute approximate surface area is 129 Å². The van der Waals surface area contributed by atoms with Crippen molar-refractivity contribution in [3.05, 3.63) is 42.2 Å². The summed E-state index contributed by atoms with van der Waals surface area (Å²) < 4.78 is 0. The Morgan fingerprint density at radius 1 is 1.32 bits per heavy atom. The number of aromatic nitrogens is 3. The Kier molecular flexibility index (Phi) is 3.70. The summed E-state index contributed by atoms with van der Waals surface area (Å²) in [6.45, 7) is 4.12. The molecule has 0 bridgehead atoms. The van der Waals surface area contributed by atoms with E-state index in [1.165, 1.54) is 11.0 Å². The molecule has 0 aliphatic carbocycles. The molecule has 1 atom stereocenters. The standard InChI is InChI=1S/C16H20N4O2/c1-16(2,22)14-9-6-10-19(14)15(21)13-11-17-20(18-13)12-7-4-3-5-8-12/h3-5,7-8,11,14,22H,6,9-10H2,1-2H3. The van der Waals surface area contributed by atoms with Crippen LogP contribution in [-0.2, 0) is 0 Å². The molecule has 0 saturated carbocycles. The Hall–Kier alpha value is -2.21. The number of benzene rings is 1. The number of rotatable bonds is 3. The topological polar surface area (TPSA) is 71.2 Å². The fourth-order valence-corrected chi connectivity index (χ4v) is 2.94. The van der Waals surface area contributed by atoms with Gasteiger partial charge in [0.05, 0.1) is 23.5 Å². The largest absolute Gasteiger partial charge is 0.388 e. The van der Waals surface area contributed by atoms with E-state index in [9.17, 15) is 9.90 Å². The fourth-order valence-electron chi connectivity index (χ4n) is 2.94. The summed E-state index contributed by atoms with van der Waals surface area (Å²) in [5.74, 6) is -0.174. The predicted molar refractivity (Wildman–Crippen MR) is 81.7 cm³/mol. The van der Waals surface area contributed by atoms with Crippen LogP contribution in [0.15, 0.2) is 36.5 Å². The van der Waals surface area contributed by atoms with Crippen LogP contribution in [0.4, 0.5) is 0 Å². The lowest BCUT2D eigenvalue weighted by molar-refractivity contribution is 0.000102. The van der Waals surface area contributed by atoms with Crippen LogP contribution >= 0.6 is 0 Å². The van der Waals surface area contributed by atoms with Gasteiger partial charge < -0.3 is 10.0 Å². The first-order valence-electron chi connectivity index (χ1n) is 7.48. The first kappa shape index (κ1) is 14.7. The zero-order chi connectivity index (χ0) is 15.7. The van der Waals surface area contributed by atoms with E-state index in [-0.39, 0.29) is 11.9 Å². The van der Waals surface area contributed by atoms with Crippen molar-refractivity contribution >= 4 is 5.91 Å². The van der Waals surface area contributed by atoms with Gasteiger partial charge in [-0.25, -0.2) is 0 Å². The van der Waals surface area contributed by atoms with Crippen LogP contribution in [0.3, 0.4) is 0 Å². The lowest BCUT2D eigenvalue weighted by Crippen LogP contribution is -2.48. The number of amides is 1. The van der Waals surface area contributed by atoms with Crippen molar-refractivity contribution in [2.24, 2.45) is 0 Å². The number of hydrogen-bond acceptors (Lipinski definition) is 4. The lowest BCUT2D eigenvalue weighted by atomic mass is 9.96. The van der Waals surface area contributed by atoms with Crippen molar-refractivity contribution in [3.8, 4) is 5.69 Å². The molecule has 1 fully saturated rings. The summed E-state index contributed by atoms with van der Waals surface area (Å²) in [5.41, 5.74) is 0.198. The zero-order valence-corrected chi connectivity index (χ0v) is 12.8. The smallest absolute Gasteiger partial charge is 0.276 e. The van der Waals surface area contributed by atoms with Crippen molar-refractivity contribution in [3.63, 3.8) is 0 Å². The molecule has 1 aliphatic heterocycles. The van der Waals surface area contributed by atoms with E-state index in [1.54, 1.807) is 18.7 Å². The Morgan fingerprint density at radius 2 is 2.05 bits per heavy atom. The molecule has 1 aromatic carbocycles. The summed E-state index contributed by atoms with van der Waals surface area (Å²) in [6, 6.07) is 9.28. The maximum absolute atomic E-state index is 12.6. The molecular formula is C16H20N4O2. The highest BCUT2D eigenvalue weighted by Gasteiger charge is 2.39. The van der Waals surface area contributed by atoms with Crippen LogP contribution in [-0.4, -0.2) is 49.1 Å². The molecule has 0 spiro atoms. The van der Waals surface area contributed by atoms with Gasteiger partial charge in [0, 0.05) is 6.54 Å². The third-order valence-electron chi connectivity index (χ3n) is 4.03. The number of carbonyl (C=O) groups is 1. The fraction of sp³-hybridized carbons (Fsp3) is 0.438. The third-order valence-corrected chi connectivity index (χ3v) is 4.03. The highest BCUT2D eigenvalue weighted by molar-refractivity contribution is 5.92. The molecule has 2 heterocycles. The van der Waals surface area contributed by atoms with Gasteiger partial charge in [0.25, 0.3) is 5.91 Å². The molecule has 116 valence electrons. The second-order valence-electron chi connectivity index (χ2n) is 6.17. The minimum absolute atomic E-state index is 0.174. The highest BCUT2D eigenvalue weighted by Crippen LogP contribution is 2.27. The van der Waals surface area contributed by atoms with Crippen molar-refractivity contribution < 1.29 is 9.90 Å². The molecule has 1 unspecified atom stereocenters. The summed E-state index contributed by atoms with van der Waals surface area (Å²) >= 11 is 0. The molecule has 1 aliphatic rings. The monoisotopic (exact) mass is 300 g/mol. The Balaban J connectivity index is 1.83. The average Bonchev–Trinajstić information content (AvgIpc) is 3.16. The number of para-hydroxylation sites is 1. The van der Waals surface area contributed by atoms with Crippen LogP contribution < -0.4 is 0 Å².